The van der Waals surface area contributed by atoms with Crippen LogP contribution in [-0.4, -0.2) is 62.8 Å². The summed E-state index contributed by atoms with van der Waals surface area (Å²) in [4.78, 5) is 16.8. The summed E-state index contributed by atoms with van der Waals surface area (Å²) in [5.41, 5.74) is 4.92. The fourth-order valence-electron chi connectivity index (χ4n) is 5.60. The zero-order valence-corrected chi connectivity index (χ0v) is 25.7. The monoisotopic (exact) mass is 666 g/mol. The third kappa shape index (κ3) is 7.45. The van der Waals surface area contributed by atoms with E-state index in [1.54, 1.807) is 30.3 Å². The minimum Gasteiger partial charge on any atom is -0.464 e. The van der Waals surface area contributed by atoms with Gasteiger partial charge in [0, 0.05) is 6.42 Å². The van der Waals surface area contributed by atoms with Crippen LogP contribution < -0.4 is 15.3 Å². The first-order valence-corrected chi connectivity index (χ1v) is 16.2. The average Bonchev–Trinajstić information content (AvgIpc) is 3.61. The van der Waals surface area contributed by atoms with E-state index in [4.69, 9.17) is 24.3 Å². The number of nitrogen functional groups attached to an aromatic ring is 1. The van der Waals surface area contributed by atoms with Crippen molar-refractivity contribution in [1.29, 1.82) is 5.26 Å². The van der Waals surface area contributed by atoms with Gasteiger partial charge < -0.3 is 24.8 Å². The summed E-state index contributed by atoms with van der Waals surface area (Å²) < 4.78 is 77.1. The summed E-state index contributed by atoms with van der Waals surface area (Å²) in [6.45, 7) is 0.544. The number of fused-ring (bicyclic) bond motifs is 1. The Kier molecular flexibility index (Phi) is 9.90. The van der Waals surface area contributed by atoms with Gasteiger partial charge in [0.1, 0.15) is 48.5 Å². The zero-order valence-electron chi connectivity index (χ0n) is 24.8. The topological polar surface area (TPSA) is 183 Å². The van der Waals surface area contributed by atoms with E-state index in [-0.39, 0.29) is 56.2 Å². The van der Waals surface area contributed by atoms with E-state index in [0.717, 1.165) is 0 Å². The number of ether oxygens (including phenoxy) is 2. The minimum atomic E-state index is -4.45. The lowest BCUT2D eigenvalue weighted by molar-refractivity contribution is -0.185. The maximum absolute atomic E-state index is 14.0. The van der Waals surface area contributed by atoms with Crippen LogP contribution in [0.3, 0.4) is 0 Å². The minimum absolute atomic E-state index is 0.0299. The normalized spacial score (nSPS) is 27.0. The number of aliphatic hydroxyl groups is 1. The van der Waals surface area contributed by atoms with Gasteiger partial charge in [-0.1, -0.05) is 18.2 Å². The summed E-state index contributed by atoms with van der Waals surface area (Å²) in [7, 11) is -4.45. The molecule has 1 unspecified atom stereocenters. The molecule has 5 rings (SSSR count). The van der Waals surface area contributed by atoms with Crippen LogP contribution in [0.2, 0.25) is 0 Å². The summed E-state index contributed by atoms with van der Waals surface area (Å²) >= 11 is 0. The Bertz CT molecular complexity index is 1610. The molecule has 3 heterocycles. The smallest absolute Gasteiger partial charge is 0.459 e. The van der Waals surface area contributed by atoms with Crippen molar-refractivity contribution in [3.63, 3.8) is 0 Å². The van der Waals surface area contributed by atoms with E-state index in [2.05, 4.69) is 15.2 Å². The first kappa shape index (κ1) is 33.6. The Morgan fingerprint density at radius 2 is 1.98 bits per heavy atom. The Morgan fingerprint density at radius 1 is 1.26 bits per heavy atom. The number of nitrogens with one attached hydrogen (secondary N) is 1. The maximum atomic E-state index is 14.0. The second-order valence-corrected chi connectivity index (χ2v) is 13.2. The molecule has 248 valence electrons. The number of nitrogens with two attached hydrogens (primary N) is 1. The van der Waals surface area contributed by atoms with Crippen LogP contribution in [0.4, 0.5) is 19.0 Å². The molecule has 0 spiro atoms. The predicted molar refractivity (Wildman–Crippen MR) is 156 cm³/mol. The molecule has 4 N–H and O–H groups in total. The average molecular weight is 667 g/mol. The molecule has 46 heavy (non-hydrogen) atoms. The van der Waals surface area contributed by atoms with Crippen LogP contribution in [0.25, 0.3) is 5.52 Å². The number of nitrogens with zero attached hydrogens (tertiary/aromatic N) is 4. The Hall–Kier alpha value is -3.74. The van der Waals surface area contributed by atoms with Gasteiger partial charge in [-0.3, -0.25) is 9.32 Å². The quantitative estimate of drug-likeness (QED) is 0.193. The molecule has 2 fully saturated rings. The van der Waals surface area contributed by atoms with Crippen molar-refractivity contribution < 1.29 is 46.2 Å². The van der Waals surface area contributed by atoms with Crippen LogP contribution in [0.5, 0.6) is 5.75 Å². The largest absolute Gasteiger partial charge is 0.464 e. The molecule has 5 atom stereocenters. The number of esters is 1. The van der Waals surface area contributed by atoms with Crippen LogP contribution >= 0.6 is 7.75 Å². The molecule has 0 amide bonds. The number of aromatic nitrogens is 3. The van der Waals surface area contributed by atoms with Crippen LogP contribution in [0, 0.1) is 23.2 Å². The summed E-state index contributed by atoms with van der Waals surface area (Å²) in [5.74, 6) is -2.08. The number of hydrogen-bond acceptors (Lipinski definition) is 11. The first-order valence-electron chi connectivity index (χ1n) is 14.7. The van der Waals surface area contributed by atoms with Crippen LogP contribution in [0.1, 0.15) is 50.8 Å². The highest BCUT2D eigenvalue weighted by atomic mass is 31.2. The third-order valence-corrected chi connectivity index (χ3v) is 9.88. The summed E-state index contributed by atoms with van der Waals surface area (Å²) in [6.07, 6.45) is -4.77. The van der Waals surface area contributed by atoms with E-state index in [1.165, 1.54) is 29.9 Å². The molecule has 13 nitrogen and oxygen atoms in total. The second-order valence-electron chi connectivity index (χ2n) is 11.5. The number of alkyl halides is 3. The van der Waals surface area contributed by atoms with Gasteiger partial charge in [0.2, 0.25) is 5.60 Å². The molecular formula is C29H34F3N6O7P. The molecule has 1 saturated carbocycles. The highest BCUT2D eigenvalue weighted by Crippen LogP contribution is 2.48. The molecular weight excluding hydrogens is 632 g/mol. The fourth-order valence-corrected chi connectivity index (χ4v) is 7.12. The number of anilines is 1. The van der Waals surface area contributed by atoms with Crippen molar-refractivity contribution in [3.05, 3.63) is 54.5 Å². The number of carbonyl (C=O) groups excluding carboxylic acids is 1. The van der Waals surface area contributed by atoms with Crippen molar-refractivity contribution in [1.82, 2.24) is 19.7 Å². The third-order valence-electron chi connectivity index (χ3n) is 8.25. The van der Waals surface area contributed by atoms with Gasteiger partial charge in [-0.25, -0.2) is 14.1 Å². The number of aliphatic hydroxyl groups excluding tert-OH is 1. The standard InChI is InChI=1S/C29H34F3N6O7P/c1-18(27(40)42-14-19-7-9-20(10-8-19)29(30,31)32)37-46(41,45-21-5-3-2-4-6-21)43-16-28(15-33)25(39)13-24(44-28)22-11-12-23-26(34)35-17-36-38(22)23/h2-6,11-12,17-20,24-25,39H,7-10,13-14,16H2,1H3,(H,37,41)(H2,34,35,36)/t18-,19?,20?,24+,25-,28+,46?/m0/s1. The molecule has 17 heteroatoms. The molecule has 1 aliphatic heterocycles. The predicted octanol–water partition coefficient (Wildman–Crippen LogP) is 4.49. The molecule has 1 aromatic carbocycles. The van der Waals surface area contributed by atoms with Gasteiger partial charge in [0.05, 0.1) is 18.2 Å². The Balaban J connectivity index is 1.25. The van der Waals surface area contributed by atoms with Gasteiger partial charge in [-0.05, 0) is 62.8 Å². The molecule has 1 aliphatic carbocycles. The fraction of sp³-hybridized carbons (Fsp3) is 0.517. The van der Waals surface area contributed by atoms with Gasteiger partial charge in [-0.2, -0.15) is 28.6 Å². The number of benzene rings is 1. The van der Waals surface area contributed by atoms with Crippen molar-refractivity contribution in [3.8, 4) is 11.8 Å². The summed E-state index contributed by atoms with van der Waals surface area (Å²) in [6, 6.07) is 12.0. The number of halogens is 3. The Morgan fingerprint density at radius 3 is 2.65 bits per heavy atom. The number of carbonyl (C=O) groups is 1. The molecule has 0 bridgehead atoms. The second kappa shape index (κ2) is 13.5. The van der Waals surface area contributed by atoms with Crippen LogP contribution in [-0.2, 0) is 23.4 Å². The van der Waals surface area contributed by atoms with E-state index >= 15 is 0 Å². The molecule has 3 aromatic rings. The number of hydrogen-bond donors (Lipinski definition) is 3. The Labute approximate surface area is 262 Å². The van der Waals surface area contributed by atoms with E-state index < -0.39 is 56.3 Å². The SMILES string of the molecule is C[C@H](NP(=O)(OC[C@@]1(C#N)O[C@@H](c2ccc3c(N)ncnn23)C[C@@H]1O)Oc1ccccc1)C(=O)OCC1CCC(C(F)(F)F)CC1. The van der Waals surface area contributed by atoms with Crippen LogP contribution in [0.15, 0.2) is 48.8 Å². The highest BCUT2D eigenvalue weighted by Gasteiger charge is 2.52. The highest BCUT2D eigenvalue weighted by molar-refractivity contribution is 7.52. The van der Waals surface area contributed by atoms with Gasteiger partial charge >= 0.3 is 19.9 Å². The van der Waals surface area contributed by atoms with Gasteiger partial charge in [-0.15, -0.1) is 0 Å². The number of rotatable bonds is 11. The maximum Gasteiger partial charge on any atom is 0.459 e. The lowest BCUT2D eigenvalue weighted by atomic mass is 9.82. The van der Waals surface area contributed by atoms with E-state index in [1.807, 2.05) is 6.07 Å². The lowest BCUT2D eigenvalue weighted by Gasteiger charge is -2.30. The summed E-state index contributed by atoms with van der Waals surface area (Å²) in [5, 5.41) is 27.8. The van der Waals surface area contributed by atoms with Crippen molar-refractivity contribution in [2.24, 2.45) is 11.8 Å². The molecule has 0 radical (unpaired) electrons. The first-order chi connectivity index (χ1) is 21.8. The van der Waals surface area contributed by atoms with E-state index in [9.17, 15) is 32.9 Å². The number of nitriles is 1. The molecule has 2 aliphatic rings. The molecule has 1 saturated heterocycles. The van der Waals surface area contributed by atoms with Gasteiger partial charge in [0.25, 0.3) is 0 Å². The van der Waals surface area contributed by atoms with Crippen molar-refractivity contribution in [2.75, 3.05) is 18.9 Å². The zero-order chi connectivity index (χ0) is 33.1. The van der Waals surface area contributed by atoms with Crippen molar-refractivity contribution >= 4 is 25.1 Å². The van der Waals surface area contributed by atoms with Crippen molar-refractivity contribution in [2.45, 2.75) is 69.1 Å². The number of para-hydroxylation sites is 1. The molecule has 2 aromatic heterocycles. The van der Waals surface area contributed by atoms with E-state index in [0.29, 0.717) is 11.2 Å². The van der Waals surface area contributed by atoms with Gasteiger partial charge in [0.15, 0.2) is 5.82 Å². The lowest BCUT2D eigenvalue weighted by Crippen LogP contribution is -2.43.